The maximum absolute atomic E-state index is 12.9. The first-order valence-electron chi connectivity index (χ1n) is 6.53. The van der Waals surface area contributed by atoms with Crippen LogP contribution in [0, 0.1) is 5.82 Å². The lowest BCUT2D eigenvalue weighted by atomic mass is 10.1. The number of amides is 1. The molecule has 110 valence electrons. The molecule has 0 fully saturated rings. The summed E-state index contributed by atoms with van der Waals surface area (Å²) in [5.41, 5.74) is 7.58. The van der Waals surface area contributed by atoms with E-state index in [2.05, 4.69) is 0 Å². The highest BCUT2D eigenvalue weighted by Crippen LogP contribution is 2.20. The average molecular weight is 288 g/mol. The third kappa shape index (κ3) is 3.58. The molecule has 0 radical (unpaired) electrons. The molecule has 3 N–H and O–H groups in total. The fourth-order valence-corrected chi connectivity index (χ4v) is 2.02. The third-order valence-corrected chi connectivity index (χ3v) is 3.22. The molecule has 0 saturated heterocycles. The number of phenols is 1. The van der Waals surface area contributed by atoms with Crippen molar-refractivity contribution >= 4 is 5.91 Å². The molecule has 0 aliphatic heterocycles. The Hall–Kier alpha value is -2.40. The number of carbonyl (C=O) groups is 1. The van der Waals surface area contributed by atoms with Crippen molar-refractivity contribution in [1.82, 2.24) is 4.90 Å². The molecule has 2 aromatic carbocycles. The van der Waals surface area contributed by atoms with E-state index in [0.717, 1.165) is 23.3 Å². The molecule has 0 aliphatic rings. The Balaban J connectivity index is 2.11. The van der Waals surface area contributed by atoms with Gasteiger partial charge >= 0.3 is 0 Å². The summed E-state index contributed by atoms with van der Waals surface area (Å²) in [6.07, 6.45) is 0. The van der Waals surface area contributed by atoms with Crippen molar-refractivity contribution in [2.24, 2.45) is 5.73 Å². The van der Waals surface area contributed by atoms with Crippen LogP contribution in [-0.2, 0) is 13.1 Å². The first kappa shape index (κ1) is 15.0. The molecule has 0 saturated carbocycles. The Labute approximate surface area is 122 Å². The summed E-state index contributed by atoms with van der Waals surface area (Å²) in [6, 6.07) is 11.0. The second kappa shape index (κ2) is 6.37. The molecule has 0 heterocycles. The number of carbonyl (C=O) groups excluding carboxylic acids is 1. The minimum absolute atomic E-state index is 0.0810. The molecule has 1 amide bonds. The van der Waals surface area contributed by atoms with Gasteiger partial charge in [0, 0.05) is 26.2 Å². The van der Waals surface area contributed by atoms with Crippen LogP contribution < -0.4 is 5.73 Å². The zero-order chi connectivity index (χ0) is 15.4. The second-order valence-corrected chi connectivity index (χ2v) is 4.84. The first-order chi connectivity index (χ1) is 10.0. The van der Waals surface area contributed by atoms with Crippen molar-refractivity contribution in [2.45, 2.75) is 13.1 Å². The topological polar surface area (TPSA) is 66.6 Å². The van der Waals surface area contributed by atoms with Crippen molar-refractivity contribution in [3.05, 3.63) is 65.0 Å². The normalized spacial score (nSPS) is 10.4. The van der Waals surface area contributed by atoms with Crippen LogP contribution in [0.3, 0.4) is 0 Å². The number of aromatic hydroxyl groups is 1. The van der Waals surface area contributed by atoms with Crippen molar-refractivity contribution < 1.29 is 14.3 Å². The summed E-state index contributed by atoms with van der Waals surface area (Å²) >= 11 is 0. The smallest absolute Gasteiger partial charge is 0.257 e. The van der Waals surface area contributed by atoms with Gasteiger partial charge in [0.25, 0.3) is 5.91 Å². The van der Waals surface area contributed by atoms with E-state index in [1.807, 2.05) is 24.3 Å². The number of phenolic OH excluding ortho intramolecular Hbond substituents is 1. The average Bonchev–Trinajstić information content (AvgIpc) is 2.47. The number of benzene rings is 2. The van der Waals surface area contributed by atoms with E-state index in [9.17, 15) is 14.3 Å². The van der Waals surface area contributed by atoms with E-state index in [0.29, 0.717) is 13.1 Å². The number of halogens is 1. The molecule has 2 aromatic rings. The van der Waals surface area contributed by atoms with Gasteiger partial charge in [-0.2, -0.15) is 0 Å². The highest BCUT2D eigenvalue weighted by molar-refractivity contribution is 5.96. The van der Waals surface area contributed by atoms with Gasteiger partial charge in [-0.3, -0.25) is 4.79 Å². The van der Waals surface area contributed by atoms with Gasteiger partial charge in [-0.25, -0.2) is 4.39 Å². The maximum atomic E-state index is 12.9. The lowest BCUT2D eigenvalue weighted by Gasteiger charge is -2.18. The molecule has 0 aliphatic carbocycles. The highest BCUT2D eigenvalue weighted by atomic mass is 19.1. The van der Waals surface area contributed by atoms with E-state index >= 15 is 0 Å². The molecule has 0 spiro atoms. The summed E-state index contributed by atoms with van der Waals surface area (Å²) < 4.78 is 12.9. The zero-order valence-corrected chi connectivity index (χ0v) is 11.7. The Morgan fingerprint density at radius 1 is 1.19 bits per heavy atom. The summed E-state index contributed by atoms with van der Waals surface area (Å²) in [4.78, 5) is 13.7. The van der Waals surface area contributed by atoms with Gasteiger partial charge in [0.15, 0.2) is 0 Å². The van der Waals surface area contributed by atoms with Gasteiger partial charge in [0.05, 0.1) is 5.56 Å². The standard InChI is InChI=1S/C16H17FN2O2/c1-19(10-12-4-2-11(9-18)3-5-12)16(21)14-7-6-13(17)8-15(14)20/h2-8,20H,9-10,18H2,1H3. The van der Waals surface area contributed by atoms with Crippen LogP contribution in [0.2, 0.25) is 0 Å². The van der Waals surface area contributed by atoms with Crippen LogP contribution in [0.25, 0.3) is 0 Å². The van der Waals surface area contributed by atoms with Crippen molar-refractivity contribution in [3.8, 4) is 5.75 Å². The molecule has 21 heavy (non-hydrogen) atoms. The van der Waals surface area contributed by atoms with Gasteiger partial charge in [-0.1, -0.05) is 24.3 Å². The molecule has 0 bridgehead atoms. The Kier molecular flexibility index (Phi) is 4.55. The van der Waals surface area contributed by atoms with Crippen molar-refractivity contribution in [3.63, 3.8) is 0 Å². The van der Waals surface area contributed by atoms with Crippen LogP contribution in [0.4, 0.5) is 4.39 Å². The van der Waals surface area contributed by atoms with E-state index in [1.54, 1.807) is 7.05 Å². The Morgan fingerprint density at radius 2 is 1.81 bits per heavy atom. The second-order valence-electron chi connectivity index (χ2n) is 4.84. The number of hydrogen-bond acceptors (Lipinski definition) is 3. The number of rotatable bonds is 4. The van der Waals surface area contributed by atoms with Crippen LogP contribution in [0.15, 0.2) is 42.5 Å². The predicted octanol–water partition coefficient (Wildman–Crippen LogP) is 2.26. The number of hydrogen-bond donors (Lipinski definition) is 2. The van der Waals surface area contributed by atoms with Gasteiger partial charge in [-0.05, 0) is 23.3 Å². The summed E-state index contributed by atoms with van der Waals surface area (Å²) in [7, 11) is 1.63. The minimum Gasteiger partial charge on any atom is -0.507 e. The maximum Gasteiger partial charge on any atom is 0.257 e. The fourth-order valence-electron chi connectivity index (χ4n) is 2.02. The van der Waals surface area contributed by atoms with Gasteiger partial charge in [0.1, 0.15) is 11.6 Å². The largest absolute Gasteiger partial charge is 0.507 e. The van der Waals surface area contributed by atoms with E-state index in [4.69, 9.17) is 5.73 Å². The van der Waals surface area contributed by atoms with E-state index in [1.165, 1.54) is 11.0 Å². The van der Waals surface area contributed by atoms with Crippen molar-refractivity contribution in [1.29, 1.82) is 0 Å². The summed E-state index contributed by atoms with van der Waals surface area (Å²) in [5, 5.41) is 9.64. The summed E-state index contributed by atoms with van der Waals surface area (Å²) in [6.45, 7) is 0.860. The van der Waals surface area contributed by atoms with E-state index in [-0.39, 0.29) is 17.2 Å². The molecule has 0 unspecified atom stereocenters. The SMILES string of the molecule is CN(Cc1ccc(CN)cc1)C(=O)c1ccc(F)cc1O. The molecule has 0 atom stereocenters. The highest BCUT2D eigenvalue weighted by Gasteiger charge is 2.16. The van der Waals surface area contributed by atoms with Crippen LogP contribution in [0.5, 0.6) is 5.75 Å². The Bertz CT molecular complexity index is 641. The lowest BCUT2D eigenvalue weighted by molar-refractivity contribution is 0.0782. The van der Waals surface area contributed by atoms with Crippen molar-refractivity contribution in [2.75, 3.05) is 7.05 Å². The fraction of sp³-hybridized carbons (Fsp3) is 0.188. The third-order valence-electron chi connectivity index (χ3n) is 3.22. The Morgan fingerprint density at radius 3 is 2.38 bits per heavy atom. The van der Waals surface area contributed by atoms with Gasteiger partial charge < -0.3 is 15.7 Å². The van der Waals surface area contributed by atoms with Crippen LogP contribution in [-0.4, -0.2) is 23.0 Å². The van der Waals surface area contributed by atoms with Crippen LogP contribution in [0.1, 0.15) is 21.5 Å². The predicted molar refractivity (Wildman–Crippen MR) is 78.2 cm³/mol. The van der Waals surface area contributed by atoms with E-state index < -0.39 is 5.82 Å². The molecular formula is C16H17FN2O2. The zero-order valence-electron chi connectivity index (χ0n) is 11.7. The lowest BCUT2D eigenvalue weighted by Crippen LogP contribution is -2.26. The minimum atomic E-state index is -0.580. The molecular weight excluding hydrogens is 271 g/mol. The molecule has 0 aromatic heterocycles. The molecule has 2 rings (SSSR count). The van der Waals surface area contributed by atoms with Gasteiger partial charge in [-0.15, -0.1) is 0 Å². The number of nitrogens with zero attached hydrogens (tertiary/aromatic N) is 1. The number of nitrogens with two attached hydrogens (primary N) is 1. The quantitative estimate of drug-likeness (QED) is 0.907. The molecule has 4 nitrogen and oxygen atoms in total. The van der Waals surface area contributed by atoms with Gasteiger partial charge in [0.2, 0.25) is 0 Å². The summed E-state index contributed by atoms with van der Waals surface area (Å²) in [5.74, 6) is -1.30. The first-order valence-corrected chi connectivity index (χ1v) is 6.53. The van der Waals surface area contributed by atoms with Crippen LogP contribution >= 0.6 is 0 Å². The monoisotopic (exact) mass is 288 g/mol. The molecule has 5 heteroatoms.